The molecule has 0 amide bonds. The topological polar surface area (TPSA) is 119 Å². The van der Waals surface area contributed by atoms with Crippen LogP contribution in [0.25, 0.3) is 0 Å². The first-order chi connectivity index (χ1) is 28.8. The van der Waals surface area contributed by atoms with Crippen LogP contribution in [0, 0.1) is 0 Å². The molecule has 0 aromatic carbocycles. The number of allylic oxidation sites excluding steroid dienone is 4. The van der Waals surface area contributed by atoms with Crippen molar-refractivity contribution in [3.63, 3.8) is 0 Å². The van der Waals surface area contributed by atoms with Gasteiger partial charge in [-0.2, -0.15) is 0 Å². The molecule has 348 valence electrons. The smallest absolute Gasteiger partial charge is 0.462 e. The number of carbonyl (C=O) groups is 2. The fourth-order valence-corrected chi connectivity index (χ4v) is 7.83. The second-order valence-electron chi connectivity index (χ2n) is 17.2. The fraction of sp³-hybridized carbons (Fsp3) is 0.880. The molecule has 59 heavy (non-hydrogen) atoms. The minimum absolute atomic E-state index is 0.216. The lowest BCUT2D eigenvalue weighted by Gasteiger charge is -2.18. The molecule has 0 rings (SSSR count). The molecule has 0 aliphatic carbocycles. The second-order valence-corrected chi connectivity index (χ2v) is 18.4. The Morgan fingerprint density at radius 1 is 0.441 bits per heavy atom. The highest BCUT2D eigenvalue weighted by atomic mass is 31.2. The van der Waals surface area contributed by atoms with E-state index in [0.29, 0.717) is 6.42 Å². The average molecular weight is 855 g/mol. The van der Waals surface area contributed by atoms with Crippen LogP contribution < -0.4 is 0 Å². The summed E-state index contributed by atoms with van der Waals surface area (Å²) in [6, 6.07) is 0. The van der Waals surface area contributed by atoms with Gasteiger partial charge in [-0.3, -0.25) is 14.1 Å². The van der Waals surface area contributed by atoms with Crippen LogP contribution in [-0.2, 0) is 28.2 Å². The van der Waals surface area contributed by atoms with E-state index in [2.05, 4.69) is 42.7 Å². The molecule has 0 saturated heterocycles. The van der Waals surface area contributed by atoms with Gasteiger partial charge in [-0.05, 0) is 44.9 Å². The van der Waals surface area contributed by atoms with Crippen LogP contribution >= 0.6 is 7.82 Å². The predicted octanol–water partition coefficient (Wildman–Crippen LogP) is 15.9. The third kappa shape index (κ3) is 49.1. The first-order valence-electron chi connectivity index (χ1n) is 25.1. The Bertz CT molecular complexity index is 1010. The van der Waals surface area contributed by atoms with Crippen LogP contribution in [0.15, 0.2) is 24.3 Å². The third-order valence-electron chi connectivity index (χ3n) is 11.2. The van der Waals surface area contributed by atoms with E-state index < -0.39 is 32.5 Å². The molecule has 0 aliphatic rings. The number of rotatable bonds is 47. The van der Waals surface area contributed by atoms with Gasteiger partial charge < -0.3 is 19.3 Å². The van der Waals surface area contributed by atoms with Crippen LogP contribution in [0.5, 0.6) is 0 Å². The van der Waals surface area contributed by atoms with E-state index in [1.807, 2.05) is 0 Å². The SMILES string of the molecule is CCCCC/C=C/C/C=C/CCCCCCCCCCCC(=O)OC[C@H](COP(=O)(O)O)OC(=O)CCCCCCCCCCCCCCCCCCCCCCCC. The van der Waals surface area contributed by atoms with Crippen molar-refractivity contribution >= 4 is 19.8 Å². The van der Waals surface area contributed by atoms with E-state index in [1.54, 1.807) is 0 Å². The first-order valence-corrected chi connectivity index (χ1v) is 26.7. The molecule has 0 saturated carbocycles. The van der Waals surface area contributed by atoms with Crippen molar-refractivity contribution in [2.24, 2.45) is 0 Å². The minimum Gasteiger partial charge on any atom is -0.462 e. The Morgan fingerprint density at radius 3 is 1.15 bits per heavy atom. The van der Waals surface area contributed by atoms with Gasteiger partial charge in [-0.1, -0.05) is 231 Å². The summed E-state index contributed by atoms with van der Waals surface area (Å²) in [5.74, 6) is -0.874. The van der Waals surface area contributed by atoms with E-state index in [9.17, 15) is 14.2 Å². The van der Waals surface area contributed by atoms with Gasteiger partial charge in [-0.25, -0.2) is 4.57 Å². The summed E-state index contributed by atoms with van der Waals surface area (Å²) in [5.41, 5.74) is 0. The number of hydrogen-bond donors (Lipinski definition) is 2. The van der Waals surface area contributed by atoms with E-state index in [0.717, 1.165) is 44.9 Å². The number of carbonyl (C=O) groups excluding carboxylic acids is 2. The number of esters is 2. The van der Waals surface area contributed by atoms with Crippen LogP contribution in [0.2, 0.25) is 0 Å². The molecule has 0 spiro atoms. The van der Waals surface area contributed by atoms with Gasteiger partial charge in [0.1, 0.15) is 6.61 Å². The molecular weight excluding hydrogens is 760 g/mol. The van der Waals surface area contributed by atoms with Gasteiger partial charge >= 0.3 is 19.8 Å². The monoisotopic (exact) mass is 855 g/mol. The van der Waals surface area contributed by atoms with Gasteiger partial charge in [0, 0.05) is 12.8 Å². The number of unbranched alkanes of at least 4 members (excludes halogenated alkanes) is 33. The van der Waals surface area contributed by atoms with E-state index in [1.165, 1.54) is 186 Å². The van der Waals surface area contributed by atoms with Crippen molar-refractivity contribution < 1.29 is 37.9 Å². The molecule has 0 aliphatic heterocycles. The Labute approximate surface area is 364 Å². The zero-order valence-corrected chi connectivity index (χ0v) is 39.6. The third-order valence-corrected chi connectivity index (χ3v) is 11.7. The molecule has 0 aromatic rings. The maximum Gasteiger partial charge on any atom is 0.469 e. The molecular formula is C50H95O8P. The largest absolute Gasteiger partial charge is 0.469 e. The number of ether oxygens (including phenoxy) is 2. The van der Waals surface area contributed by atoms with Crippen LogP contribution in [-0.4, -0.2) is 41.0 Å². The minimum atomic E-state index is -4.76. The first kappa shape index (κ1) is 57.5. The summed E-state index contributed by atoms with van der Waals surface area (Å²) in [5, 5.41) is 0. The van der Waals surface area contributed by atoms with Gasteiger partial charge in [0.25, 0.3) is 0 Å². The van der Waals surface area contributed by atoms with Gasteiger partial charge in [-0.15, -0.1) is 0 Å². The molecule has 2 N–H and O–H groups in total. The van der Waals surface area contributed by atoms with Crippen LogP contribution in [0.3, 0.4) is 0 Å². The summed E-state index contributed by atoms with van der Waals surface area (Å²) >= 11 is 0. The van der Waals surface area contributed by atoms with Crippen molar-refractivity contribution in [1.82, 2.24) is 0 Å². The highest BCUT2D eigenvalue weighted by Crippen LogP contribution is 2.36. The zero-order valence-electron chi connectivity index (χ0n) is 38.7. The predicted molar refractivity (Wildman–Crippen MR) is 249 cm³/mol. The summed E-state index contributed by atoms with van der Waals surface area (Å²) < 4.78 is 26.5. The Morgan fingerprint density at radius 2 is 0.763 bits per heavy atom. The normalized spacial score (nSPS) is 12.5. The molecule has 0 bridgehead atoms. The fourth-order valence-electron chi connectivity index (χ4n) is 7.47. The van der Waals surface area contributed by atoms with Crippen molar-refractivity contribution in [2.45, 2.75) is 270 Å². The van der Waals surface area contributed by atoms with E-state index in [-0.39, 0.29) is 19.4 Å². The van der Waals surface area contributed by atoms with Crippen LogP contribution in [0.1, 0.15) is 264 Å². The van der Waals surface area contributed by atoms with E-state index in [4.69, 9.17) is 19.3 Å². The quantitative estimate of drug-likeness (QED) is 0.0269. The summed E-state index contributed by atoms with van der Waals surface area (Å²) in [7, 11) is -4.76. The van der Waals surface area contributed by atoms with Gasteiger partial charge in [0.15, 0.2) is 6.10 Å². The van der Waals surface area contributed by atoms with Crippen molar-refractivity contribution in [1.29, 1.82) is 0 Å². The Balaban J connectivity index is 3.79. The van der Waals surface area contributed by atoms with Gasteiger partial charge in [0.05, 0.1) is 6.61 Å². The van der Waals surface area contributed by atoms with Crippen molar-refractivity contribution in [3.8, 4) is 0 Å². The number of phosphoric acid groups is 1. The maximum absolute atomic E-state index is 12.5. The number of hydrogen-bond acceptors (Lipinski definition) is 6. The molecule has 0 unspecified atom stereocenters. The van der Waals surface area contributed by atoms with E-state index >= 15 is 0 Å². The molecule has 0 radical (unpaired) electrons. The number of phosphoric ester groups is 1. The molecule has 9 heteroatoms. The summed E-state index contributed by atoms with van der Waals surface area (Å²) in [4.78, 5) is 43.1. The lowest BCUT2D eigenvalue weighted by atomic mass is 10.0. The standard InChI is InChI=1S/C50H95O8P/c1-3-5-7-9-11-13-15-17-19-21-23-24-25-27-29-31-33-35-37-39-41-43-45-50(52)58-48(47-57-59(53,54)55)46-56-49(51)44-42-40-38-36-34-32-30-28-26-22-20-18-16-14-12-10-8-6-4-2/h12,14,18,20,48H,3-11,13,15-17,19,21-47H2,1-2H3,(H2,53,54,55)/b14-12+,20-18+/t48-/m1/s1. The molecule has 0 fully saturated rings. The summed E-state index contributed by atoms with van der Waals surface area (Å²) in [6.07, 6.45) is 54.8. The molecule has 0 heterocycles. The van der Waals surface area contributed by atoms with Crippen molar-refractivity contribution in [2.75, 3.05) is 13.2 Å². The maximum atomic E-state index is 12.5. The highest BCUT2D eigenvalue weighted by Gasteiger charge is 2.23. The Hall–Kier alpha value is -1.47. The van der Waals surface area contributed by atoms with Gasteiger partial charge in [0.2, 0.25) is 0 Å². The lowest BCUT2D eigenvalue weighted by Crippen LogP contribution is -2.29. The zero-order chi connectivity index (χ0) is 43.2. The van der Waals surface area contributed by atoms with Crippen LogP contribution in [0.4, 0.5) is 0 Å². The Kier molecular flexibility index (Phi) is 44.9. The molecule has 0 aromatic heterocycles. The lowest BCUT2D eigenvalue weighted by molar-refractivity contribution is -0.161. The second kappa shape index (κ2) is 46.0. The molecule has 1 atom stereocenters. The van der Waals surface area contributed by atoms with Crippen molar-refractivity contribution in [3.05, 3.63) is 24.3 Å². The average Bonchev–Trinajstić information content (AvgIpc) is 3.21. The summed E-state index contributed by atoms with van der Waals surface area (Å²) in [6.45, 7) is 3.71. The highest BCUT2D eigenvalue weighted by molar-refractivity contribution is 7.46. The molecule has 8 nitrogen and oxygen atoms in total.